The number of carboxylic acid groups (broad SMARTS) is 1. The average Bonchev–Trinajstić information content (AvgIpc) is 2.32. The van der Waals surface area contributed by atoms with E-state index in [0.29, 0.717) is 13.2 Å². The van der Waals surface area contributed by atoms with Crippen LogP contribution in [0.1, 0.15) is 26.2 Å². The first kappa shape index (κ1) is 17.2. The second-order valence-corrected chi connectivity index (χ2v) is 3.93. The third-order valence-corrected chi connectivity index (χ3v) is 2.18. The summed E-state index contributed by atoms with van der Waals surface area (Å²) in [6.45, 7) is 3.28. The zero-order valence-corrected chi connectivity index (χ0v) is 11.0. The number of ether oxygens (including phenoxy) is 1. The summed E-state index contributed by atoms with van der Waals surface area (Å²) in [6.07, 6.45) is 1.53. The Bertz CT molecular complexity index is 309. The first-order valence-electron chi connectivity index (χ1n) is 6.10. The molecule has 1 atom stereocenters. The smallest absolute Gasteiger partial charge is 0.326 e. The number of hydrogen-bond acceptors (Lipinski definition) is 4. The second-order valence-electron chi connectivity index (χ2n) is 3.93. The summed E-state index contributed by atoms with van der Waals surface area (Å²) in [7, 11) is 0. The zero-order valence-electron chi connectivity index (χ0n) is 11.0. The highest BCUT2D eigenvalue weighted by Gasteiger charge is 2.21. The molecule has 8 nitrogen and oxygen atoms in total. The van der Waals surface area contributed by atoms with E-state index in [-0.39, 0.29) is 6.54 Å². The van der Waals surface area contributed by atoms with Crippen LogP contribution in [0.15, 0.2) is 0 Å². The van der Waals surface area contributed by atoms with Crippen LogP contribution in [0.2, 0.25) is 0 Å². The van der Waals surface area contributed by atoms with E-state index < -0.39 is 30.4 Å². The lowest BCUT2D eigenvalue weighted by Gasteiger charge is -2.13. The molecule has 0 aliphatic heterocycles. The number of hydrogen-bond donors (Lipinski definition) is 4. The van der Waals surface area contributed by atoms with Crippen molar-refractivity contribution in [2.45, 2.75) is 32.2 Å². The van der Waals surface area contributed by atoms with Crippen LogP contribution < -0.4 is 16.4 Å². The van der Waals surface area contributed by atoms with Crippen LogP contribution in [0.3, 0.4) is 0 Å². The van der Waals surface area contributed by atoms with Gasteiger partial charge in [-0.15, -0.1) is 0 Å². The zero-order chi connectivity index (χ0) is 14.7. The quantitative estimate of drug-likeness (QED) is 0.397. The Morgan fingerprint density at radius 2 is 2.00 bits per heavy atom. The molecule has 0 unspecified atom stereocenters. The first-order chi connectivity index (χ1) is 8.97. The minimum atomic E-state index is -1.32. The van der Waals surface area contributed by atoms with Crippen LogP contribution in [0.25, 0.3) is 0 Å². The SMILES string of the molecule is CCCCOCCNC(=O)N[C@@H](CC(N)=O)C(=O)O. The van der Waals surface area contributed by atoms with Gasteiger partial charge in [0.05, 0.1) is 13.0 Å². The lowest BCUT2D eigenvalue weighted by atomic mass is 10.2. The molecule has 19 heavy (non-hydrogen) atoms. The molecule has 3 amide bonds. The van der Waals surface area contributed by atoms with Gasteiger partial charge in [-0.05, 0) is 6.42 Å². The average molecular weight is 275 g/mol. The Hall–Kier alpha value is -1.83. The number of amides is 3. The molecule has 0 aliphatic rings. The van der Waals surface area contributed by atoms with Crippen molar-refractivity contribution in [3.63, 3.8) is 0 Å². The van der Waals surface area contributed by atoms with Crippen molar-refractivity contribution in [2.24, 2.45) is 5.73 Å². The molecule has 5 N–H and O–H groups in total. The molecule has 0 fully saturated rings. The molecule has 0 saturated carbocycles. The summed E-state index contributed by atoms with van der Waals surface area (Å²) in [5, 5.41) is 13.3. The van der Waals surface area contributed by atoms with Crippen LogP contribution in [0.4, 0.5) is 4.79 Å². The minimum absolute atomic E-state index is 0.262. The number of nitrogens with two attached hydrogens (primary N) is 1. The normalized spacial score (nSPS) is 11.6. The van der Waals surface area contributed by atoms with Gasteiger partial charge < -0.3 is 26.2 Å². The number of unbranched alkanes of at least 4 members (excludes halogenated alkanes) is 1. The lowest BCUT2D eigenvalue weighted by molar-refractivity contribution is -0.140. The van der Waals surface area contributed by atoms with Crippen LogP contribution in [-0.4, -0.2) is 48.8 Å². The van der Waals surface area contributed by atoms with Crippen molar-refractivity contribution in [2.75, 3.05) is 19.8 Å². The van der Waals surface area contributed by atoms with Gasteiger partial charge in [0.15, 0.2) is 0 Å². The summed E-state index contributed by atoms with van der Waals surface area (Å²) in [6, 6.07) is -1.99. The molecule has 0 bridgehead atoms. The van der Waals surface area contributed by atoms with Crippen LogP contribution in [0, 0.1) is 0 Å². The van der Waals surface area contributed by atoms with Gasteiger partial charge in [-0.1, -0.05) is 13.3 Å². The van der Waals surface area contributed by atoms with E-state index in [0.717, 1.165) is 12.8 Å². The predicted molar refractivity (Wildman–Crippen MR) is 67.5 cm³/mol. The van der Waals surface area contributed by atoms with E-state index in [1.165, 1.54) is 0 Å². The van der Waals surface area contributed by atoms with E-state index in [4.69, 9.17) is 15.6 Å². The highest BCUT2D eigenvalue weighted by molar-refractivity contribution is 5.87. The van der Waals surface area contributed by atoms with Crippen molar-refractivity contribution < 1.29 is 24.2 Å². The Balaban J connectivity index is 3.81. The molecule has 0 aliphatic carbocycles. The molecule has 0 aromatic heterocycles. The monoisotopic (exact) mass is 275 g/mol. The maximum absolute atomic E-state index is 11.3. The molecule has 8 heteroatoms. The number of primary amides is 1. The van der Waals surface area contributed by atoms with Gasteiger partial charge in [-0.3, -0.25) is 4.79 Å². The highest BCUT2D eigenvalue weighted by atomic mass is 16.5. The van der Waals surface area contributed by atoms with Crippen molar-refractivity contribution in [1.82, 2.24) is 10.6 Å². The molecule has 0 aromatic rings. The number of carboxylic acids is 1. The Morgan fingerprint density at radius 3 is 2.53 bits per heavy atom. The predicted octanol–water partition coefficient (Wildman–Crippen LogP) is -0.569. The topological polar surface area (TPSA) is 131 Å². The van der Waals surface area contributed by atoms with Gasteiger partial charge in [0, 0.05) is 13.2 Å². The van der Waals surface area contributed by atoms with Crippen molar-refractivity contribution in [3.05, 3.63) is 0 Å². The molecular formula is C11H21N3O5. The van der Waals surface area contributed by atoms with Crippen molar-refractivity contribution in [1.29, 1.82) is 0 Å². The lowest BCUT2D eigenvalue weighted by Crippen LogP contribution is -2.48. The first-order valence-corrected chi connectivity index (χ1v) is 6.10. The number of carbonyl (C=O) groups excluding carboxylic acids is 2. The van der Waals surface area contributed by atoms with E-state index in [1.54, 1.807) is 0 Å². The van der Waals surface area contributed by atoms with Gasteiger partial charge in [-0.25, -0.2) is 9.59 Å². The molecule has 0 rings (SSSR count). The standard InChI is InChI=1S/C11H21N3O5/c1-2-3-5-19-6-4-13-11(18)14-8(10(16)17)7-9(12)15/h8H,2-7H2,1H3,(H2,12,15)(H,16,17)(H2,13,14,18)/t8-/m0/s1. The van der Waals surface area contributed by atoms with Crippen molar-refractivity contribution >= 4 is 17.9 Å². The van der Waals surface area contributed by atoms with E-state index in [2.05, 4.69) is 10.6 Å². The van der Waals surface area contributed by atoms with Gasteiger partial charge in [0.25, 0.3) is 0 Å². The summed E-state index contributed by atoms with van der Waals surface area (Å²) < 4.78 is 5.21. The number of aliphatic carboxylic acids is 1. The number of nitrogens with one attached hydrogen (secondary N) is 2. The maximum Gasteiger partial charge on any atom is 0.326 e. The van der Waals surface area contributed by atoms with Gasteiger partial charge in [0.2, 0.25) is 5.91 Å². The Morgan fingerprint density at radius 1 is 1.32 bits per heavy atom. The van der Waals surface area contributed by atoms with Crippen LogP contribution in [-0.2, 0) is 14.3 Å². The summed E-state index contributed by atoms with van der Waals surface area (Å²) in [5.41, 5.74) is 4.88. The largest absolute Gasteiger partial charge is 0.480 e. The van der Waals surface area contributed by atoms with Gasteiger partial charge in [0.1, 0.15) is 6.04 Å². The van der Waals surface area contributed by atoms with Gasteiger partial charge in [-0.2, -0.15) is 0 Å². The third-order valence-electron chi connectivity index (χ3n) is 2.18. The highest BCUT2D eigenvalue weighted by Crippen LogP contribution is 1.91. The molecule has 110 valence electrons. The molecule has 0 saturated heterocycles. The summed E-state index contributed by atoms with van der Waals surface area (Å²) >= 11 is 0. The molecule has 0 aromatic carbocycles. The fraction of sp³-hybridized carbons (Fsp3) is 0.727. The number of carbonyl (C=O) groups is 3. The molecule has 0 spiro atoms. The van der Waals surface area contributed by atoms with E-state index >= 15 is 0 Å². The molecule has 0 heterocycles. The molecular weight excluding hydrogens is 254 g/mol. The third kappa shape index (κ3) is 9.83. The Kier molecular flexibility index (Phi) is 9.15. The second kappa shape index (κ2) is 10.1. The van der Waals surface area contributed by atoms with Crippen LogP contribution >= 0.6 is 0 Å². The maximum atomic E-state index is 11.3. The molecule has 0 radical (unpaired) electrons. The van der Waals surface area contributed by atoms with E-state index in [1.807, 2.05) is 6.92 Å². The number of rotatable bonds is 10. The van der Waals surface area contributed by atoms with Crippen molar-refractivity contribution in [3.8, 4) is 0 Å². The fourth-order valence-corrected chi connectivity index (χ4v) is 1.20. The minimum Gasteiger partial charge on any atom is -0.480 e. The summed E-state index contributed by atoms with van der Waals surface area (Å²) in [5.74, 6) is -2.11. The fourth-order valence-electron chi connectivity index (χ4n) is 1.20. The summed E-state index contributed by atoms with van der Waals surface area (Å²) in [4.78, 5) is 32.7. The van der Waals surface area contributed by atoms with E-state index in [9.17, 15) is 14.4 Å². The van der Waals surface area contributed by atoms with Gasteiger partial charge >= 0.3 is 12.0 Å². The number of urea groups is 1. The Labute approximate surface area is 111 Å². The van der Waals surface area contributed by atoms with Crippen LogP contribution in [0.5, 0.6) is 0 Å².